The van der Waals surface area contributed by atoms with E-state index in [2.05, 4.69) is 6.07 Å². The van der Waals surface area contributed by atoms with Crippen LogP contribution >= 0.6 is 0 Å². The van der Waals surface area contributed by atoms with Crippen LogP contribution in [0.25, 0.3) is 0 Å². The summed E-state index contributed by atoms with van der Waals surface area (Å²) in [5.74, 6) is -0.233. The molecule has 80 valence electrons. The first-order valence-electron chi connectivity index (χ1n) is 4.91. The quantitative estimate of drug-likeness (QED) is 0.687. The maximum Gasteiger partial charge on any atom is 0.217 e. The van der Waals surface area contributed by atoms with Crippen molar-refractivity contribution in [3.8, 4) is 6.07 Å². The summed E-state index contributed by atoms with van der Waals surface area (Å²) in [6.07, 6.45) is 1.56. The second kappa shape index (κ2) is 4.28. The molecule has 0 saturated heterocycles. The molecule has 1 aliphatic rings. The molecule has 1 unspecified atom stereocenters. The summed E-state index contributed by atoms with van der Waals surface area (Å²) in [7, 11) is -3.10. The van der Waals surface area contributed by atoms with Crippen molar-refractivity contribution in [1.82, 2.24) is 4.31 Å². The summed E-state index contributed by atoms with van der Waals surface area (Å²) in [5, 5.41) is 8.45. The smallest absolute Gasteiger partial charge is 0.212 e. The minimum Gasteiger partial charge on any atom is -0.212 e. The number of nitrogens with zero attached hydrogens (tertiary/aromatic N) is 2. The van der Waals surface area contributed by atoms with Crippen LogP contribution in [0.4, 0.5) is 0 Å². The van der Waals surface area contributed by atoms with Crippen LogP contribution in [0.5, 0.6) is 0 Å². The molecule has 5 heteroatoms. The highest BCUT2D eigenvalue weighted by molar-refractivity contribution is 7.90. The first kappa shape index (κ1) is 11.5. The van der Waals surface area contributed by atoms with Crippen LogP contribution in [-0.2, 0) is 10.0 Å². The lowest BCUT2D eigenvalue weighted by atomic mass is 10.2. The first-order valence-corrected chi connectivity index (χ1v) is 6.41. The summed E-state index contributed by atoms with van der Waals surface area (Å²) >= 11 is 0. The highest BCUT2D eigenvalue weighted by Gasteiger charge is 2.39. The van der Waals surface area contributed by atoms with Gasteiger partial charge in [-0.3, -0.25) is 0 Å². The minimum atomic E-state index is -3.10. The van der Waals surface area contributed by atoms with E-state index in [-0.39, 0.29) is 11.2 Å². The fourth-order valence-corrected chi connectivity index (χ4v) is 3.28. The van der Waals surface area contributed by atoms with Gasteiger partial charge in [0.1, 0.15) is 0 Å². The molecule has 4 nitrogen and oxygen atoms in total. The van der Waals surface area contributed by atoms with Crippen molar-refractivity contribution in [2.24, 2.45) is 5.92 Å². The molecule has 0 aromatic carbocycles. The Balaban J connectivity index is 2.67. The van der Waals surface area contributed by atoms with Crippen molar-refractivity contribution in [2.75, 3.05) is 13.1 Å². The third-order valence-electron chi connectivity index (χ3n) is 2.36. The summed E-state index contributed by atoms with van der Waals surface area (Å²) in [5.41, 5.74) is 0. The van der Waals surface area contributed by atoms with E-state index < -0.39 is 10.0 Å². The summed E-state index contributed by atoms with van der Waals surface area (Å²) in [4.78, 5) is 0. The summed E-state index contributed by atoms with van der Waals surface area (Å²) < 4.78 is 25.0. The minimum absolute atomic E-state index is 0.173. The lowest BCUT2D eigenvalue weighted by Gasteiger charge is -2.21. The molecule has 0 bridgehead atoms. The number of sulfonamides is 1. The zero-order valence-electron chi connectivity index (χ0n) is 8.60. The lowest BCUT2D eigenvalue weighted by Crippen LogP contribution is -2.36. The molecule has 14 heavy (non-hydrogen) atoms. The Morgan fingerprint density at radius 2 is 2.14 bits per heavy atom. The Morgan fingerprint density at radius 1 is 1.57 bits per heavy atom. The van der Waals surface area contributed by atoms with Crippen molar-refractivity contribution in [3.05, 3.63) is 0 Å². The predicted molar refractivity (Wildman–Crippen MR) is 54.0 cm³/mol. The standard InChI is InChI=1S/C9H16N2O2S/c1-3-11(7-8(2)6-10)14(12,13)9-4-5-9/h8-9H,3-5,7H2,1-2H3. The molecule has 0 amide bonds. The van der Waals surface area contributed by atoms with E-state index in [0.717, 1.165) is 12.8 Å². The molecule has 1 rings (SSSR count). The Kier molecular flexibility index (Phi) is 3.51. The molecule has 1 atom stereocenters. The van der Waals surface area contributed by atoms with Crippen molar-refractivity contribution in [2.45, 2.75) is 31.9 Å². The fourth-order valence-electron chi connectivity index (χ4n) is 1.34. The van der Waals surface area contributed by atoms with Crippen molar-refractivity contribution in [1.29, 1.82) is 5.26 Å². The van der Waals surface area contributed by atoms with Crippen LogP contribution in [0.3, 0.4) is 0 Å². The molecule has 0 aromatic rings. The third-order valence-corrected chi connectivity index (χ3v) is 4.80. The molecule has 0 radical (unpaired) electrons. The molecular weight excluding hydrogens is 200 g/mol. The van der Waals surface area contributed by atoms with Gasteiger partial charge in [-0.1, -0.05) is 6.92 Å². The third kappa shape index (κ3) is 2.46. The van der Waals surface area contributed by atoms with Crippen LogP contribution in [0.1, 0.15) is 26.7 Å². The van der Waals surface area contributed by atoms with E-state index in [1.54, 1.807) is 6.92 Å². The van der Waals surface area contributed by atoms with Crippen LogP contribution in [0.2, 0.25) is 0 Å². The Hall–Kier alpha value is -0.600. The largest absolute Gasteiger partial charge is 0.217 e. The number of rotatable bonds is 5. The van der Waals surface area contributed by atoms with Gasteiger partial charge in [-0.15, -0.1) is 0 Å². The van der Waals surface area contributed by atoms with Gasteiger partial charge in [0.05, 0.1) is 17.2 Å². The second-order valence-corrected chi connectivity index (χ2v) is 5.94. The normalized spacial score (nSPS) is 19.3. The molecule has 0 spiro atoms. The zero-order valence-corrected chi connectivity index (χ0v) is 9.42. The van der Waals surface area contributed by atoms with E-state index in [4.69, 9.17) is 5.26 Å². The van der Waals surface area contributed by atoms with Crippen molar-refractivity contribution >= 4 is 10.0 Å². The molecule has 0 heterocycles. The average Bonchev–Trinajstić information content (AvgIpc) is 2.96. The fraction of sp³-hybridized carbons (Fsp3) is 0.889. The zero-order chi connectivity index (χ0) is 10.8. The summed E-state index contributed by atoms with van der Waals surface area (Å²) in [6, 6.07) is 2.06. The van der Waals surface area contributed by atoms with E-state index in [0.29, 0.717) is 13.1 Å². The molecule has 0 N–H and O–H groups in total. The Labute approximate surface area is 85.6 Å². The van der Waals surface area contributed by atoms with E-state index in [1.807, 2.05) is 6.92 Å². The van der Waals surface area contributed by atoms with E-state index >= 15 is 0 Å². The van der Waals surface area contributed by atoms with Gasteiger partial charge in [0, 0.05) is 13.1 Å². The summed E-state index contributed by atoms with van der Waals surface area (Å²) in [6.45, 7) is 4.34. The number of hydrogen-bond acceptors (Lipinski definition) is 3. The van der Waals surface area contributed by atoms with Crippen LogP contribution < -0.4 is 0 Å². The van der Waals surface area contributed by atoms with Gasteiger partial charge in [-0.25, -0.2) is 12.7 Å². The topological polar surface area (TPSA) is 61.2 Å². The first-order chi connectivity index (χ1) is 6.52. The van der Waals surface area contributed by atoms with Crippen molar-refractivity contribution < 1.29 is 8.42 Å². The van der Waals surface area contributed by atoms with Gasteiger partial charge in [0.2, 0.25) is 10.0 Å². The van der Waals surface area contributed by atoms with Gasteiger partial charge >= 0.3 is 0 Å². The monoisotopic (exact) mass is 216 g/mol. The average molecular weight is 216 g/mol. The van der Waals surface area contributed by atoms with Gasteiger partial charge in [0.25, 0.3) is 0 Å². The van der Waals surface area contributed by atoms with E-state index in [1.165, 1.54) is 4.31 Å². The molecule has 1 saturated carbocycles. The molecule has 0 aliphatic heterocycles. The van der Waals surface area contributed by atoms with Gasteiger partial charge in [0.15, 0.2) is 0 Å². The molecular formula is C9H16N2O2S. The number of hydrogen-bond donors (Lipinski definition) is 0. The van der Waals surface area contributed by atoms with Gasteiger partial charge < -0.3 is 0 Å². The maximum atomic E-state index is 11.8. The highest BCUT2D eigenvalue weighted by Crippen LogP contribution is 2.31. The molecule has 0 aromatic heterocycles. The molecule has 1 aliphatic carbocycles. The van der Waals surface area contributed by atoms with Crippen LogP contribution in [0, 0.1) is 17.2 Å². The Morgan fingerprint density at radius 3 is 2.50 bits per heavy atom. The van der Waals surface area contributed by atoms with Crippen LogP contribution in [0.15, 0.2) is 0 Å². The van der Waals surface area contributed by atoms with E-state index in [9.17, 15) is 8.42 Å². The second-order valence-electron chi connectivity index (χ2n) is 3.73. The van der Waals surface area contributed by atoms with Crippen molar-refractivity contribution in [3.63, 3.8) is 0 Å². The van der Waals surface area contributed by atoms with Gasteiger partial charge in [-0.05, 0) is 19.8 Å². The molecule has 1 fully saturated rings. The Bertz CT molecular complexity index is 327. The number of nitriles is 1. The SMILES string of the molecule is CCN(CC(C)C#N)S(=O)(=O)C1CC1. The van der Waals surface area contributed by atoms with Crippen LogP contribution in [-0.4, -0.2) is 31.1 Å². The van der Waals surface area contributed by atoms with Gasteiger partial charge in [-0.2, -0.15) is 5.26 Å². The highest BCUT2D eigenvalue weighted by atomic mass is 32.2. The predicted octanol–water partition coefficient (Wildman–Crippen LogP) is 0.960. The lowest BCUT2D eigenvalue weighted by molar-refractivity contribution is 0.399. The maximum absolute atomic E-state index is 11.8.